The first-order valence-corrected chi connectivity index (χ1v) is 34.1. The fourth-order valence-corrected chi connectivity index (χ4v) is 14.9. The lowest BCUT2D eigenvalue weighted by molar-refractivity contribution is -0.0465. The third-order valence-corrected chi connectivity index (χ3v) is 19.3. The van der Waals surface area contributed by atoms with E-state index in [0.717, 1.165) is 74.5 Å². The van der Waals surface area contributed by atoms with E-state index in [9.17, 15) is 33.6 Å². The number of halogens is 1. The Labute approximate surface area is 577 Å². The lowest BCUT2D eigenvalue weighted by Gasteiger charge is -2.49. The molecular formula is C73H93BrN10O13. The van der Waals surface area contributed by atoms with Crippen LogP contribution in [0.25, 0.3) is 0 Å². The number of benzene rings is 5. The second-order valence-corrected chi connectivity index (χ2v) is 25.8. The van der Waals surface area contributed by atoms with Crippen LogP contribution in [0.4, 0.5) is 31.4 Å². The first-order valence-electron chi connectivity index (χ1n) is 33.0. The van der Waals surface area contributed by atoms with Gasteiger partial charge in [0.05, 0.1) is 78.8 Å². The quantitative estimate of drug-likeness (QED) is 0.0317. The Morgan fingerprint density at radius 3 is 1.14 bits per heavy atom. The van der Waals surface area contributed by atoms with E-state index >= 15 is 0 Å². The number of anilines is 3. The van der Waals surface area contributed by atoms with Crippen LogP contribution >= 0.6 is 15.9 Å². The van der Waals surface area contributed by atoms with Crippen LogP contribution in [0.1, 0.15) is 169 Å². The average Bonchev–Trinajstić information content (AvgIpc) is 1.70. The van der Waals surface area contributed by atoms with E-state index in [-0.39, 0.29) is 73.6 Å². The predicted octanol–water partition coefficient (Wildman–Crippen LogP) is 13.1. The van der Waals surface area contributed by atoms with E-state index < -0.39 is 18.3 Å². The number of piperidine rings is 6. The van der Waals surface area contributed by atoms with Crippen molar-refractivity contribution in [3.63, 3.8) is 0 Å². The first-order chi connectivity index (χ1) is 46.3. The summed E-state index contributed by atoms with van der Waals surface area (Å²) in [6.45, 7) is 8.20. The molecule has 520 valence electrons. The molecule has 23 nitrogen and oxygen atoms in total. The van der Waals surface area contributed by atoms with Crippen molar-refractivity contribution < 1.29 is 62.0 Å². The van der Waals surface area contributed by atoms with Gasteiger partial charge in [-0.2, -0.15) is 5.26 Å². The van der Waals surface area contributed by atoms with E-state index in [2.05, 4.69) is 47.0 Å². The van der Waals surface area contributed by atoms with Crippen molar-refractivity contribution in [2.45, 2.75) is 186 Å². The number of amides is 7. The first kappa shape index (κ1) is 74.2. The molecule has 8 heterocycles. The van der Waals surface area contributed by atoms with Gasteiger partial charge in [0.2, 0.25) is 0 Å². The van der Waals surface area contributed by atoms with Crippen LogP contribution in [-0.4, -0.2) is 156 Å². The molecule has 8 aliphatic rings. The largest absolute Gasteiger partial charge is 0.495 e. The fourth-order valence-electron chi connectivity index (χ4n) is 14.4. The second kappa shape index (κ2) is 35.1. The topological polar surface area (TPSA) is 286 Å². The zero-order valence-corrected chi connectivity index (χ0v) is 57.3. The maximum Gasteiger partial charge on any atom is 0.412 e. The molecule has 24 heteroatoms. The summed E-state index contributed by atoms with van der Waals surface area (Å²) >= 11 is 3.10. The van der Waals surface area contributed by atoms with Crippen molar-refractivity contribution in [3.05, 3.63) is 142 Å². The van der Waals surface area contributed by atoms with Crippen molar-refractivity contribution >= 4 is 74.9 Å². The van der Waals surface area contributed by atoms with Crippen LogP contribution in [0, 0.1) is 32.1 Å². The normalized spacial score (nSPS) is 23.3. The third kappa shape index (κ3) is 18.7. The monoisotopic (exact) mass is 1400 g/mol. The second-order valence-electron chi connectivity index (χ2n) is 25.3. The molecule has 7 amide bonds. The number of methoxy groups -OCH3 is 3. The molecule has 0 radical (unpaired) electrons. The number of nitriles is 1. The number of nitrogens with two attached hydrogens (primary N) is 1. The van der Waals surface area contributed by atoms with Crippen molar-refractivity contribution in [1.82, 2.24) is 24.9 Å². The maximum absolute atomic E-state index is 12.9. The average molecular weight is 1400 g/mol. The molecule has 97 heavy (non-hydrogen) atoms. The molecule has 0 spiro atoms. The molecule has 5 aromatic rings. The van der Waals surface area contributed by atoms with Crippen LogP contribution < -0.4 is 41.2 Å². The summed E-state index contributed by atoms with van der Waals surface area (Å²) < 4.78 is 33.0. The molecule has 6 bridgehead atoms. The fraction of sp³-hybridized carbons (Fsp3) is 0.479. The van der Waals surface area contributed by atoms with Gasteiger partial charge in [-0.25, -0.2) is 14.4 Å². The van der Waals surface area contributed by atoms with Gasteiger partial charge in [0.15, 0.2) is 0 Å². The predicted molar refractivity (Wildman–Crippen MR) is 373 cm³/mol. The molecule has 0 saturated carbocycles. The SMILES string of the molecule is C.CC#N.COc1ccc(C)cc1NC(=O)OC1CC2CCCC(C1)N2.COc1ccc(C)cc1NC(=O)OC1CC2CCCC(C1)N2CN.COc1ccc(C)cc1NC(=O)OC1CC2CCCC(C1)N2CN1C(=O)c2ccccc2C1=O.O=C1c2ccccc2C(=O)N1CBr. The Hall–Kier alpha value is -8.60. The summed E-state index contributed by atoms with van der Waals surface area (Å²) in [4.78, 5) is 93.0. The van der Waals surface area contributed by atoms with Crippen molar-refractivity contribution in [2.24, 2.45) is 5.73 Å². The number of nitrogens with one attached hydrogen (secondary N) is 4. The minimum Gasteiger partial charge on any atom is -0.495 e. The van der Waals surface area contributed by atoms with Gasteiger partial charge in [-0.1, -0.05) is 85.1 Å². The summed E-state index contributed by atoms with van der Waals surface area (Å²) in [5.41, 5.74) is 13.1. The van der Waals surface area contributed by atoms with Gasteiger partial charge in [0, 0.05) is 75.5 Å². The number of carbonyl (C=O) groups is 7. The Kier molecular flexibility index (Phi) is 26.8. The highest BCUT2D eigenvalue weighted by atomic mass is 79.9. The molecule has 0 aromatic heterocycles. The smallest absolute Gasteiger partial charge is 0.412 e. The van der Waals surface area contributed by atoms with Crippen molar-refractivity contribution in [2.75, 3.05) is 56.1 Å². The van der Waals surface area contributed by atoms with Gasteiger partial charge >= 0.3 is 18.3 Å². The van der Waals surface area contributed by atoms with Crippen LogP contribution in [0.3, 0.4) is 0 Å². The summed E-state index contributed by atoms with van der Waals surface area (Å²) in [6.07, 6.45) is 13.5. The van der Waals surface area contributed by atoms with E-state index in [0.29, 0.717) is 100 Å². The number of hydrogen-bond acceptors (Lipinski definition) is 18. The molecule has 8 aliphatic heterocycles. The number of alkyl halides is 1. The number of hydrogen-bond donors (Lipinski definition) is 5. The molecule has 6 saturated heterocycles. The Bertz CT molecular complexity index is 3530. The minimum absolute atomic E-state index is 0. The molecule has 6 unspecified atom stereocenters. The summed E-state index contributed by atoms with van der Waals surface area (Å²) in [7, 11) is 4.74. The molecule has 5 aromatic carbocycles. The number of ether oxygens (including phenoxy) is 6. The number of rotatable bonds is 13. The molecular weight excluding hydrogens is 1300 g/mol. The van der Waals surface area contributed by atoms with Gasteiger partial charge in [0.1, 0.15) is 35.6 Å². The summed E-state index contributed by atoms with van der Waals surface area (Å²) in [5.74, 6) is 0.939. The summed E-state index contributed by atoms with van der Waals surface area (Å²) in [5, 5.41) is 19.4. The zero-order chi connectivity index (χ0) is 68.6. The van der Waals surface area contributed by atoms with E-state index in [4.69, 9.17) is 39.4 Å². The molecule has 6 atom stereocenters. The number of fused-ring (bicyclic) bond motifs is 8. The number of nitrogens with zero attached hydrogens (tertiary/aromatic N) is 5. The van der Waals surface area contributed by atoms with E-state index in [1.165, 1.54) is 42.4 Å². The van der Waals surface area contributed by atoms with Gasteiger partial charge in [-0.3, -0.25) is 54.7 Å². The zero-order valence-electron chi connectivity index (χ0n) is 55.7. The Morgan fingerprint density at radius 1 is 0.515 bits per heavy atom. The standard InChI is InChI=1S/C26H29N3O5.C18H27N3O3.C17H24N2O3.C9H6BrNO2.C2H3N.CH4/c1-16-10-11-23(33-2)22(12-16)27-26(32)34-19-13-17-6-5-7-18(14-19)28(17)15-29-24(30)20-8-3-4-9-21(20)25(29)31;1-12-6-7-17(23-2)16(8-12)20-18(22)24-15-9-13-4-3-5-14(10-15)21(13)11-19;1-11-6-7-16(21-2)15(8-11)19-17(20)22-14-9-12-4-3-5-13(10-14)18-12;10-5-11-8(12)6-3-1-2-4-7(6)9(11)13;1-2-3;/h3-4,8-12,17-19H,5-7,13-15H2,1-2H3,(H,27,32);6-8,13-15H,3-5,9-11,19H2,1-2H3,(H,20,22);6-8,12-14,18H,3-5,9-10H2,1-2H3,(H,19,20);1-4H,5H2;1H3;1H4. The van der Waals surface area contributed by atoms with Gasteiger partial charge < -0.3 is 39.5 Å². The lowest BCUT2D eigenvalue weighted by Crippen LogP contribution is -2.58. The van der Waals surface area contributed by atoms with Crippen molar-refractivity contribution in [1.29, 1.82) is 5.26 Å². The van der Waals surface area contributed by atoms with Crippen LogP contribution in [0.2, 0.25) is 0 Å². The highest BCUT2D eigenvalue weighted by Gasteiger charge is 2.45. The van der Waals surface area contributed by atoms with Crippen LogP contribution in [0.5, 0.6) is 17.2 Å². The van der Waals surface area contributed by atoms with Crippen molar-refractivity contribution in [3.8, 4) is 23.3 Å². The summed E-state index contributed by atoms with van der Waals surface area (Å²) in [6, 6.07) is 34.7. The Balaban J connectivity index is 0.000000170. The third-order valence-electron chi connectivity index (χ3n) is 18.8. The van der Waals surface area contributed by atoms with Gasteiger partial charge in [-0.05, 0) is 149 Å². The molecule has 6 N–H and O–H groups in total. The van der Waals surface area contributed by atoms with E-state index in [1.807, 2.05) is 75.4 Å². The molecule has 13 rings (SSSR count). The molecule has 6 fully saturated rings. The highest BCUT2D eigenvalue weighted by Crippen LogP contribution is 2.39. The van der Waals surface area contributed by atoms with Gasteiger partial charge in [-0.15, -0.1) is 0 Å². The maximum atomic E-state index is 12.9. The van der Waals surface area contributed by atoms with Crippen LogP contribution in [0.15, 0.2) is 103 Å². The van der Waals surface area contributed by atoms with E-state index in [1.54, 1.807) is 75.9 Å². The number of imide groups is 2. The van der Waals surface area contributed by atoms with Crippen LogP contribution in [-0.2, 0) is 14.2 Å². The number of carbonyl (C=O) groups excluding carboxylic acids is 7. The lowest BCUT2D eigenvalue weighted by atomic mass is 9.83. The number of aryl methyl sites for hydroxylation is 3. The molecule has 0 aliphatic carbocycles. The highest BCUT2D eigenvalue weighted by molar-refractivity contribution is 9.09. The minimum atomic E-state index is -0.499. The Morgan fingerprint density at radius 2 is 0.825 bits per heavy atom. The van der Waals surface area contributed by atoms with Gasteiger partial charge in [0.25, 0.3) is 23.6 Å².